The van der Waals surface area contributed by atoms with E-state index in [1.54, 1.807) is 12.1 Å². The van der Waals surface area contributed by atoms with E-state index in [-0.39, 0.29) is 24.8 Å². The number of benzene rings is 1. The fourth-order valence-electron chi connectivity index (χ4n) is 1.80. The number of halogens is 1. The molecule has 2 aromatic heterocycles. The highest BCUT2D eigenvalue weighted by Gasteiger charge is 2.09. The van der Waals surface area contributed by atoms with Gasteiger partial charge >= 0.3 is 5.97 Å². The van der Waals surface area contributed by atoms with Crippen LogP contribution in [0.2, 0.25) is 0 Å². The van der Waals surface area contributed by atoms with Crippen molar-refractivity contribution in [2.75, 3.05) is 0 Å². The lowest BCUT2D eigenvalue weighted by atomic mass is 10.2. The standard InChI is InChI=1S/C14H11FN2O2S/c15-11-3-1-10(2-4-11)9-19-13(18)7-12-8-17-5-6-20-14(17)16-12/h1-6,8H,7,9H2. The van der Waals surface area contributed by atoms with Crippen molar-refractivity contribution >= 4 is 22.3 Å². The number of ether oxygens (including phenoxy) is 1. The smallest absolute Gasteiger partial charge is 0.312 e. The van der Waals surface area contributed by atoms with E-state index in [2.05, 4.69) is 4.98 Å². The Kier molecular flexibility index (Phi) is 3.47. The van der Waals surface area contributed by atoms with Crippen LogP contribution in [0.3, 0.4) is 0 Å². The molecule has 2 heterocycles. The number of thiazole rings is 1. The predicted octanol–water partition coefficient (Wildman–Crippen LogP) is 2.82. The molecule has 0 fully saturated rings. The molecule has 0 aliphatic rings. The zero-order chi connectivity index (χ0) is 13.9. The molecule has 0 saturated carbocycles. The number of aromatic nitrogens is 2. The van der Waals surface area contributed by atoms with Crippen molar-refractivity contribution in [2.45, 2.75) is 13.0 Å². The molecule has 1 aromatic carbocycles. The fraction of sp³-hybridized carbons (Fsp3) is 0.143. The topological polar surface area (TPSA) is 43.6 Å². The van der Waals surface area contributed by atoms with Gasteiger partial charge in [0.15, 0.2) is 4.96 Å². The summed E-state index contributed by atoms with van der Waals surface area (Å²) in [7, 11) is 0. The molecule has 3 aromatic rings. The number of nitrogens with zero attached hydrogens (tertiary/aromatic N) is 2. The van der Waals surface area contributed by atoms with E-state index in [1.807, 2.05) is 22.2 Å². The number of carbonyl (C=O) groups excluding carboxylic acids is 1. The van der Waals surface area contributed by atoms with Gasteiger partial charge in [0.05, 0.1) is 12.1 Å². The summed E-state index contributed by atoms with van der Waals surface area (Å²) >= 11 is 1.51. The molecule has 0 bridgehead atoms. The second-order valence-electron chi connectivity index (χ2n) is 4.29. The molecule has 0 unspecified atom stereocenters. The Labute approximate surface area is 118 Å². The van der Waals surface area contributed by atoms with Gasteiger partial charge < -0.3 is 4.74 Å². The summed E-state index contributed by atoms with van der Waals surface area (Å²) in [4.78, 5) is 16.9. The highest BCUT2D eigenvalue weighted by atomic mass is 32.1. The van der Waals surface area contributed by atoms with Crippen LogP contribution in [0.1, 0.15) is 11.3 Å². The monoisotopic (exact) mass is 290 g/mol. The summed E-state index contributed by atoms with van der Waals surface area (Å²) in [5.74, 6) is -0.654. The van der Waals surface area contributed by atoms with Crippen molar-refractivity contribution in [1.82, 2.24) is 9.38 Å². The lowest BCUT2D eigenvalue weighted by Crippen LogP contribution is -2.08. The Morgan fingerprint density at radius 2 is 2.15 bits per heavy atom. The maximum Gasteiger partial charge on any atom is 0.312 e. The van der Waals surface area contributed by atoms with Gasteiger partial charge in [-0.1, -0.05) is 12.1 Å². The number of fused-ring (bicyclic) bond motifs is 1. The second-order valence-corrected chi connectivity index (χ2v) is 5.16. The first kappa shape index (κ1) is 12.8. The van der Waals surface area contributed by atoms with Gasteiger partial charge in [0, 0.05) is 17.8 Å². The highest BCUT2D eigenvalue weighted by molar-refractivity contribution is 7.15. The lowest BCUT2D eigenvalue weighted by molar-refractivity contribution is -0.144. The molecule has 0 N–H and O–H groups in total. The number of hydrogen-bond donors (Lipinski definition) is 0. The minimum absolute atomic E-state index is 0.135. The molecule has 0 atom stereocenters. The molecular weight excluding hydrogens is 279 g/mol. The van der Waals surface area contributed by atoms with Gasteiger partial charge in [-0.2, -0.15) is 0 Å². The molecule has 0 radical (unpaired) electrons. The van der Waals surface area contributed by atoms with Gasteiger partial charge in [-0.25, -0.2) is 9.37 Å². The van der Waals surface area contributed by atoms with E-state index in [9.17, 15) is 9.18 Å². The zero-order valence-electron chi connectivity index (χ0n) is 10.5. The van der Waals surface area contributed by atoms with Crippen LogP contribution in [0.5, 0.6) is 0 Å². The van der Waals surface area contributed by atoms with Gasteiger partial charge in [-0.15, -0.1) is 11.3 Å². The highest BCUT2D eigenvalue weighted by Crippen LogP contribution is 2.12. The summed E-state index contributed by atoms with van der Waals surface area (Å²) in [5.41, 5.74) is 1.44. The molecule has 20 heavy (non-hydrogen) atoms. The summed E-state index contributed by atoms with van der Waals surface area (Å²) < 4.78 is 19.7. The Bertz CT molecular complexity index is 705. The third-order valence-corrected chi connectivity index (χ3v) is 3.55. The largest absolute Gasteiger partial charge is 0.461 e. The van der Waals surface area contributed by atoms with Crippen LogP contribution in [0.15, 0.2) is 42.0 Å². The quantitative estimate of drug-likeness (QED) is 0.694. The van der Waals surface area contributed by atoms with Crippen molar-refractivity contribution in [2.24, 2.45) is 0 Å². The molecule has 6 heteroatoms. The first-order valence-electron chi connectivity index (χ1n) is 6.02. The zero-order valence-corrected chi connectivity index (χ0v) is 11.3. The van der Waals surface area contributed by atoms with E-state index in [1.165, 1.54) is 23.5 Å². The number of hydrogen-bond acceptors (Lipinski definition) is 4. The Morgan fingerprint density at radius 1 is 1.35 bits per heavy atom. The predicted molar refractivity (Wildman–Crippen MR) is 73.0 cm³/mol. The lowest BCUT2D eigenvalue weighted by Gasteiger charge is -2.03. The number of rotatable bonds is 4. The second kappa shape index (κ2) is 5.42. The average Bonchev–Trinajstić information content (AvgIpc) is 2.99. The first-order valence-corrected chi connectivity index (χ1v) is 6.90. The van der Waals surface area contributed by atoms with Crippen LogP contribution in [0.4, 0.5) is 4.39 Å². The van der Waals surface area contributed by atoms with Crippen molar-refractivity contribution in [3.05, 3.63) is 59.1 Å². The minimum atomic E-state index is -0.347. The van der Waals surface area contributed by atoms with Crippen molar-refractivity contribution < 1.29 is 13.9 Å². The Balaban J connectivity index is 1.57. The molecule has 3 rings (SSSR count). The number of imidazole rings is 1. The Morgan fingerprint density at radius 3 is 2.90 bits per heavy atom. The maximum absolute atomic E-state index is 12.7. The van der Waals surface area contributed by atoms with Gasteiger partial charge in [0.25, 0.3) is 0 Å². The van der Waals surface area contributed by atoms with Crippen molar-refractivity contribution in [1.29, 1.82) is 0 Å². The molecule has 0 amide bonds. The van der Waals surface area contributed by atoms with Crippen LogP contribution in [0, 0.1) is 5.82 Å². The molecule has 0 aliphatic heterocycles. The minimum Gasteiger partial charge on any atom is -0.461 e. The molecular formula is C14H11FN2O2S. The van der Waals surface area contributed by atoms with Gasteiger partial charge in [-0.05, 0) is 17.7 Å². The van der Waals surface area contributed by atoms with Crippen LogP contribution in [0.25, 0.3) is 4.96 Å². The van der Waals surface area contributed by atoms with Crippen molar-refractivity contribution in [3.8, 4) is 0 Å². The van der Waals surface area contributed by atoms with E-state index in [4.69, 9.17) is 4.74 Å². The van der Waals surface area contributed by atoms with E-state index >= 15 is 0 Å². The van der Waals surface area contributed by atoms with E-state index in [0.717, 1.165) is 10.5 Å². The molecule has 0 spiro atoms. The maximum atomic E-state index is 12.7. The van der Waals surface area contributed by atoms with Crippen LogP contribution < -0.4 is 0 Å². The molecule has 0 saturated heterocycles. The van der Waals surface area contributed by atoms with Crippen molar-refractivity contribution in [3.63, 3.8) is 0 Å². The van der Waals surface area contributed by atoms with Crippen LogP contribution in [-0.4, -0.2) is 15.4 Å². The third-order valence-electron chi connectivity index (χ3n) is 2.78. The Hall–Kier alpha value is -2.21. The van der Waals surface area contributed by atoms with E-state index < -0.39 is 0 Å². The average molecular weight is 290 g/mol. The van der Waals surface area contributed by atoms with Gasteiger partial charge in [0.2, 0.25) is 0 Å². The third kappa shape index (κ3) is 2.85. The number of carbonyl (C=O) groups is 1. The SMILES string of the molecule is O=C(Cc1cn2ccsc2n1)OCc1ccc(F)cc1. The molecule has 4 nitrogen and oxygen atoms in total. The van der Waals surface area contributed by atoms with Gasteiger partial charge in [0.1, 0.15) is 12.4 Å². The molecule has 0 aliphatic carbocycles. The summed E-state index contributed by atoms with van der Waals surface area (Å²) in [6, 6.07) is 5.86. The van der Waals surface area contributed by atoms with Gasteiger partial charge in [-0.3, -0.25) is 9.20 Å². The summed E-state index contributed by atoms with van der Waals surface area (Å²) in [6.07, 6.45) is 3.83. The summed E-state index contributed by atoms with van der Waals surface area (Å²) in [5, 5.41) is 1.93. The van der Waals surface area contributed by atoms with E-state index in [0.29, 0.717) is 5.69 Å². The van der Waals surface area contributed by atoms with Crippen LogP contribution in [-0.2, 0) is 22.6 Å². The fourth-order valence-corrected chi connectivity index (χ4v) is 2.52. The number of esters is 1. The summed E-state index contributed by atoms with van der Waals surface area (Å²) in [6.45, 7) is 0.140. The first-order chi connectivity index (χ1) is 9.70. The van der Waals surface area contributed by atoms with Crippen LogP contribution >= 0.6 is 11.3 Å². The normalized spacial score (nSPS) is 10.8. The molecule has 102 valence electrons.